The number of rotatable bonds is 5. The van der Waals surface area contributed by atoms with Crippen molar-refractivity contribution in [2.24, 2.45) is 16.9 Å². The molecule has 1 aromatic carbocycles. The fourth-order valence-corrected chi connectivity index (χ4v) is 7.88. The quantitative estimate of drug-likeness (QED) is 0.191. The molecule has 5 aromatic rings. The second-order valence-electron chi connectivity index (χ2n) is 12.0. The SMILES string of the molecule is CC(C)c1ccc(-c2cc(C(F)(F)F)n3nc(C(=O)N4N=C5/C(=C/c6cccs6)C[C@@H](C)C[C@@H]5[C@H]4c4cccs4)cc3n2)cc1. The first-order valence-electron chi connectivity index (χ1n) is 14.8. The Balaban J connectivity index is 1.32. The minimum absolute atomic E-state index is 0.0381. The molecular weight excluding hydrogens is 616 g/mol. The molecule has 0 radical (unpaired) electrons. The summed E-state index contributed by atoms with van der Waals surface area (Å²) in [6.45, 7) is 6.31. The maximum atomic E-state index is 14.4. The van der Waals surface area contributed by atoms with Crippen LogP contribution in [0, 0.1) is 11.8 Å². The van der Waals surface area contributed by atoms with Gasteiger partial charge in [-0.1, -0.05) is 57.2 Å². The van der Waals surface area contributed by atoms with E-state index in [1.807, 2.05) is 41.1 Å². The summed E-state index contributed by atoms with van der Waals surface area (Å²) in [5.41, 5.74) is 2.53. The summed E-state index contributed by atoms with van der Waals surface area (Å²) in [6.07, 6.45) is -0.900. The summed E-state index contributed by atoms with van der Waals surface area (Å²) in [4.78, 5) is 20.8. The van der Waals surface area contributed by atoms with Crippen LogP contribution in [0.1, 0.15) is 77.1 Å². The van der Waals surface area contributed by atoms with Gasteiger partial charge in [0.1, 0.15) is 0 Å². The predicted octanol–water partition coefficient (Wildman–Crippen LogP) is 9.34. The minimum atomic E-state index is -4.72. The van der Waals surface area contributed by atoms with E-state index in [0.717, 1.165) is 50.0 Å². The van der Waals surface area contributed by atoms with Gasteiger partial charge in [0, 0.05) is 27.3 Å². The van der Waals surface area contributed by atoms with E-state index in [0.29, 0.717) is 11.5 Å². The molecule has 45 heavy (non-hydrogen) atoms. The number of nitrogens with zero attached hydrogens (tertiary/aromatic N) is 5. The topological polar surface area (TPSA) is 62.9 Å². The highest BCUT2D eigenvalue weighted by molar-refractivity contribution is 7.11. The zero-order valence-corrected chi connectivity index (χ0v) is 26.5. The summed E-state index contributed by atoms with van der Waals surface area (Å²) in [5, 5.41) is 14.5. The fourth-order valence-electron chi connectivity index (χ4n) is 6.33. The van der Waals surface area contributed by atoms with Gasteiger partial charge in [0.05, 0.1) is 17.4 Å². The highest BCUT2D eigenvalue weighted by Crippen LogP contribution is 2.47. The lowest BCUT2D eigenvalue weighted by Crippen LogP contribution is -2.33. The van der Waals surface area contributed by atoms with Crippen molar-refractivity contribution in [2.45, 2.75) is 51.7 Å². The molecule has 3 atom stereocenters. The molecule has 0 saturated heterocycles. The van der Waals surface area contributed by atoms with E-state index in [1.165, 1.54) is 11.1 Å². The van der Waals surface area contributed by atoms with Gasteiger partial charge in [0.2, 0.25) is 0 Å². The third kappa shape index (κ3) is 5.52. The van der Waals surface area contributed by atoms with E-state index in [9.17, 15) is 18.0 Å². The molecule has 4 aromatic heterocycles. The third-order valence-corrected chi connectivity index (χ3v) is 10.2. The number of benzene rings is 1. The zero-order chi connectivity index (χ0) is 31.5. The molecule has 1 fully saturated rings. The van der Waals surface area contributed by atoms with Crippen LogP contribution in [0.25, 0.3) is 23.0 Å². The van der Waals surface area contributed by atoms with Crippen molar-refractivity contribution in [1.82, 2.24) is 19.6 Å². The van der Waals surface area contributed by atoms with E-state index >= 15 is 0 Å². The number of carbonyl (C=O) groups excluding carboxylic acids is 1. The van der Waals surface area contributed by atoms with Gasteiger partial charge >= 0.3 is 6.18 Å². The molecule has 1 saturated carbocycles. The molecule has 2 aliphatic rings. The van der Waals surface area contributed by atoms with Gasteiger partial charge in [-0.15, -0.1) is 22.7 Å². The third-order valence-electron chi connectivity index (χ3n) is 8.48. The Labute approximate surface area is 266 Å². The van der Waals surface area contributed by atoms with Crippen molar-refractivity contribution >= 4 is 46.0 Å². The molecule has 7 rings (SSSR count). The van der Waals surface area contributed by atoms with Crippen molar-refractivity contribution in [3.05, 3.63) is 104 Å². The molecule has 11 heteroatoms. The molecule has 230 valence electrons. The van der Waals surface area contributed by atoms with Crippen LogP contribution in [0.5, 0.6) is 0 Å². The average molecular weight is 646 g/mol. The normalized spacial score (nSPS) is 21.1. The van der Waals surface area contributed by atoms with E-state index in [-0.39, 0.29) is 34.9 Å². The Kier molecular flexibility index (Phi) is 7.48. The number of carbonyl (C=O) groups is 1. The van der Waals surface area contributed by atoms with Gasteiger partial charge in [0.25, 0.3) is 5.91 Å². The summed E-state index contributed by atoms with van der Waals surface area (Å²) >= 11 is 3.18. The number of thiophene rings is 2. The lowest BCUT2D eigenvalue weighted by atomic mass is 9.74. The van der Waals surface area contributed by atoms with E-state index in [4.69, 9.17) is 5.10 Å². The predicted molar refractivity (Wildman–Crippen MR) is 172 cm³/mol. The van der Waals surface area contributed by atoms with Gasteiger partial charge in [0.15, 0.2) is 17.0 Å². The van der Waals surface area contributed by atoms with Gasteiger partial charge < -0.3 is 0 Å². The van der Waals surface area contributed by atoms with Crippen LogP contribution in [0.4, 0.5) is 13.2 Å². The fraction of sp³-hybridized carbons (Fsp3) is 0.294. The molecule has 1 aliphatic heterocycles. The largest absolute Gasteiger partial charge is 0.433 e. The van der Waals surface area contributed by atoms with Crippen LogP contribution >= 0.6 is 22.7 Å². The first kappa shape index (κ1) is 29.6. The van der Waals surface area contributed by atoms with Crippen molar-refractivity contribution in [3.63, 3.8) is 0 Å². The van der Waals surface area contributed by atoms with Crippen LogP contribution in [0.3, 0.4) is 0 Å². The van der Waals surface area contributed by atoms with Gasteiger partial charge in [-0.2, -0.15) is 23.4 Å². The standard InChI is InChI=1S/C34H30F3N5OS2/c1-19(2)21-8-10-22(11-9-21)26-17-29(34(35,36)37)41-30(38-26)18-27(39-41)33(43)42-32(28-7-5-13-45-28)25-15-20(3)14-23(31(25)40-42)16-24-6-4-12-44-24/h4-13,16-20,25,32H,14-15H2,1-3H3/b23-16+/t20-,25+,32+/m1/s1. The van der Waals surface area contributed by atoms with Crippen LogP contribution in [0.15, 0.2) is 82.1 Å². The first-order chi connectivity index (χ1) is 21.6. The van der Waals surface area contributed by atoms with Gasteiger partial charge in [-0.05, 0) is 70.8 Å². The molecule has 0 spiro atoms. The smallest absolute Gasteiger partial charge is 0.265 e. The van der Waals surface area contributed by atoms with Crippen LogP contribution in [-0.2, 0) is 6.18 Å². The van der Waals surface area contributed by atoms with Crippen LogP contribution in [0.2, 0.25) is 0 Å². The van der Waals surface area contributed by atoms with E-state index < -0.39 is 17.8 Å². The summed E-state index contributed by atoms with van der Waals surface area (Å²) in [5.74, 6) is 0.0632. The molecule has 1 amide bonds. The lowest BCUT2D eigenvalue weighted by molar-refractivity contribution is -0.142. The Morgan fingerprint density at radius 2 is 1.80 bits per heavy atom. The Morgan fingerprint density at radius 1 is 1.04 bits per heavy atom. The summed E-state index contributed by atoms with van der Waals surface area (Å²) in [6, 6.07) is 17.2. The number of amides is 1. The first-order valence-corrected chi connectivity index (χ1v) is 16.6. The molecular formula is C34H30F3N5OS2. The number of alkyl halides is 3. The van der Waals surface area contributed by atoms with Gasteiger partial charge in [-0.25, -0.2) is 14.5 Å². The zero-order valence-electron chi connectivity index (χ0n) is 24.8. The Bertz CT molecular complexity index is 1920. The molecule has 0 N–H and O–H groups in total. The second-order valence-corrected chi connectivity index (χ2v) is 14.0. The number of hydrazone groups is 1. The highest BCUT2D eigenvalue weighted by atomic mass is 32.1. The van der Waals surface area contributed by atoms with Crippen molar-refractivity contribution in [1.29, 1.82) is 0 Å². The lowest BCUT2D eigenvalue weighted by Gasteiger charge is -2.31. The number of hydrogen-bond donors (Lipinski definition) is 0. The number of halogens is 3. The maximum absolute atomic E-state index is 14.4. The monoisotopic (exact) mass is 645 g/mol. The molecule has 5 heterocycles. The maximum Gasteiger partial charge on any atom is 0.433 e. The number of fused-ring (bicyclic) bond motifs is 2. The van der Waals surface area contributed by atoms with Crippen molar-refractivity contribution in [3.8, 4) is 11.3 Å². The van der Waals surface area contributed by atoms with E-state index in [2.05, 4.69) is 43.0 Å². The van der Waals surface area contributed by atoms with Crippen LogP contribution in [-0.4, -0.2) is 31.2 Å². The van der Waals surface area contributed by atoms with Crippen molar-refractivity contribution < 1.29 is 18.0 Å². The number of aromatic nitrogens is 3. The summed E-state index contributed by atoms with van der Waals surface area (Å²) < 4.78 is 43.8. The molecule has 0 unspecified atom stereocenters. The van der Waals surface area contributed by atoms with Crippen molar-refractivity contribution in [2.75, 3.05) is 0 Å². The average Bonchev–Trinajstić information content (AvgIpc) is 3.82. The number of hydrogen-bond acceptors (Lipinski definition) is 6. The van der Waals surface area contributed by atoms with E-state index in [1.54, 1.807) is 34.8 Å². The Morgan fingerprint density at radius 3 is 2.47 bits per heavy atom. The van der Waals surface area contributed by atoms with Crippen LogP contribution < -0.4 is 0 Å². The Hall–Kier alpha value is -4.09. The molecule has 6 nitrogen and oxygen atoms in total. The van der Waals surface area contributed by atoms with Gasteiger partial charge in [-0.3, -0.25) is 4.79 Å². The minimum Gasteiger partial charge on any atom is -0.265 e. The summed E-state index contributed by atoms with van der Waals surface area (Å²) in [7, 11) is 0. The second kappa shape index (κ2) is 11.4. The molecule has 1 aliphatic carbocycles. The highest BCUT2D eigenvalue weighted by Gasteiger charge is 2.46. The molecule has 0 bridgehead atoms. The number of allylic oxidation sites excluding steroid dienone is 1.